The molecule has 0 radical (unpaired) electrons. The average Bonchev–Trinajstić information content (AvgIpc) is 3.21. The highest BCUT2D eigenvalue weighted by Crippen LogP contribution is 2.29. The Balaban J connectivity index is 1.45. The van der Waals surface area contributed by atoms with Gasteiger partial charge in [-0.15, -0.1) is 11.3 Å². The van der Waals surface area contributed by atoms with Crippen LogP contribution in [0.2, 0.25) is 0 Å². The van der Waals surface area contributed by atoms with Gasteiger partial charge in [0.2, 0.25) is 5.91 Å². The van der Waals surface area contributed by atoms with Gasteiger partial charge in [0.15, 0.2) is 5.13 Å². The van der Waals surface area contributed by atoms with E-state index in [0.29, 0.717) is 23.7 Å². The second-order valence-corrected chi connectivity index (χ2v) is 7.75. The zero-order valence-electron chi connectivity index (χ0n) is 14.1. The van der Waals surface area contributed by atoms with E-state index in [1.54, 1.807) is 17.4 Å². The maximum absolute atomic E-state index is 12.6. The minimum Gasteiger partial charge on any atom is -0.338 e. The fraction of sp³-hybridized carbons (Fsp3) is 0.421. The van der Waals surface area contributed by atoms with Crippen LogP contribution < -0.4 is 5.32 Å². The molecule has 1 aliphatic carbocycles. The number of hydrogen-bond donors (Lipinski definition) is 1. The SMILES string of the molecule is O=C(Nc1nc2c(s1)CCCC2)c1cccc(CN2CCCC2=O)c1. The summed E-state index contributed by atoms with van der Waals surface area (Å²) in [5.74, 6) is 0.0592. The van der Waals surface area contributed by atoms with Crippen LogP contribution in [0.5, 0.6) is 0 Å². The van der Waals surface area contributed by atoms with Crippen LogP contribution in [0.15, 0.2) is 24.3 Å². The van der Waals surface area contributed by atoms with Crippen LogP contribution >= 0.6 is 11.3 Å². The summed E-state index contributed by atoms with van der Waals surface area (Å²) in [7, 11) is 0. The number of rotatable bonds is 4. The number of thiazole rings is 1. The summed E-state index contributed by atoms with van der Waals surface area (Å²) in [4.78, 5) is 32.1. The van der Waals surface area contributed by atoms with E-state index in [4.69, 9.17) is 0 Å². The van der Waals surface area contributed by atoms with Gasteiger partial charge >= 0.3 is 0 Å². The zero-order valence-corrected chi connectivity index (χ0v) is 14.9. The first kappa shape index (κ1) is 16.3. The minimum atomic E-state index is -0.138. The van der Waals surface area contributed by atoms with Crippen LogP contribution in [0, 0.1) is 0 Å². The molecule has 2 amide bonds. The van der Waals surface area contributed by atoms with Gasteiger partial charge in [-0.25, -0.2) is 4.98 Å². The highest BCUT2D eigenvalue weighted by atomic mass is 32.1. The Bertz CT molecular complexity index is 791. The number of aryl methyl sites for hydroxylation is 2. The Labute approximate surface area is 151 Å². The number of likely N-dealkylation sites (tertiary alicyclic amines) is 1. The molecule has 130 valence electrons. The Morgan fingerprint density at radius 2 is 2.08 bits per heavy atom. The number of nitrogens with zero attached hydrogens (tertiary/aromatic N) is 2. The number of carbonyl (C=O) groups is 2. The van der Waals surface area contributed by atoms with Crippen LogP contribution in [0.4, 0.5) is 5.13 Å². The number of aromatic nitrogens is 1. The quantitative estimate of drug-likeness (QED) is 0.914. The molecule has 1 aromatic heterocycles. The van der Waals surface area contributed by atoms with E-state index in [-0.39, 0.29) is 11.8 Å². The number of nitrogens with one attached hydrogen (secondary N) is 1. The predicted molar refractivity (Wildman–Crippen MR) is 97.8 cm³/mol. The normalized spacial score (nSPS) is 16.8. The molecule has 2 aromatic rings. The van der Waals surface area contributed by atoms with Crippen molar-refractivity contribution in [3.8, 4) is 0 Å². The van der Waals surface area contributed by atoms with E-state index in [1.165, 1.54) is 17.7 Å². The van der Waals surface area contributed by atoms with Crippen LogP contribution in [0.1, 0.15) is 52.2 Å². The van der Waals surface area contributed by atoms with Crippen molar-refractivity contribution in [2.24, 2.45) is 0 Å². The molecule has 0 atom stereocenters. The summed E-state index contributed by atoms with van der Waals surface area (Å²) in [5, 5.41) is 3.62. The average molecular weight is 355 g/mol. The van der Waals surface area contributed by atoms with Crippen molar-refractivity contribution >= 4 is 28.3 Å². The number of amides is 2. The summed E-state index contributed by atoms with van der Waals surface area (Å²) in [6.07, 6.45) is 6.03. The van der Waals surface area contributed by atoms with E-state index < -0.39 is 0 Å². The molecule has 4 rings (SSSR count). The molecular weight excluding hydrogens is 334 g/mol. The molecule has 2 aliphatic rings. The first-order chi connectivity index (χ1) is 12.2. The Kier molecular flexibility index (Phi) is 4.53. The lowest BCUT2D eigenvalue weighted by Crippen LogP contribution is -2.24. The molecule has 1 N–H and O–H groups in total. The first-order valence-electron chi connectivity index (χ1n) is 8.86. The van der Waals surface area contributed by atoms with Gasteiger partial charge in [-0.3, -0.25) is 14.9 Å². The molecule has 1 aromatic carbocycles. The third-order valence-electron chi connectivity index (χ3n) is 4.80. The van der Waals surface area contributed by atoms with Gasteiger partial charge in [0, 0.05) is 30.0 Å². The number of anilines is 1. The summed E-state index contributed by atoms with van der Waals surface area (Å²) < 4.78 is 0. The van der Waals surface area contributed by atoms with Crippen molar-refractivity contribution in [3.63, 3.8) is 0 Å². The molecule has 0 unspecified atom stereocenters. The maximum Gasteiger partial charge on any atom is 0.257 e. The van der Waals surface area contributed by atoms with Gasteiger partial charge in [-0.1, -0.05) is 12.1 Å². The lowest BCUT2D eigenvalue weighted by Gasteiger charge is -2.15. The van der Waals surface area contributed by atoms with Crippen LogP contribution in [0.3, 0.4) is 0 Å². The molecule has 0 spiro atoms. The second-order valence-electron chi connectivity index (χ2n) is 6.67. The molecule has 1 fully saturated rings. The highest BCUT2D eigenvalue weighted by molar-refractivity contribution is 7.15. The molecule has 1 saturated heterocycles. The third kappa shape index (κ3) is 3.58. The van der Waals surface area contributed by atoms with Crippen molar-refractivity contribution in [2.45, 2.75) is 45.1 Å². The largest absolute Gasteiger partial charge is 0.338 e. The summed E-state index contributed by atoms with van der Waals surface area (Å²) >= 11 is 1.59. The first-order valence-corrected chi connectivity index (χ1v) is 9.67. The molecule has 6 heteroatoms. The second kappa shape index (κ2) is 6.96. The Morgan fingerprint density at radius 1 is 1.20 bits per heavy atom. The third-order valence-corrected chi connectivity index (χ3v) is 5.87. The maximum atomic E-state index is 12.6. The van der Waals surface area contributed by atoms with Gasteiger partial charge < -0.3 is 4.90 Å². The van der Waals surface area contributed by atoms with Crippen LogP contribution in [-0.4, -0.2) is 28.2 Å². The molecule has 1 aliphatic heterocycles. The van der Waals surface area contributed by atoms with E-state index >= 15 is 0 Å². The van der Waals surface area contributed by atoms with E-state index in [2.05, 4.69) is 10.3 Å². The Hall–Kier alpha value is -2.21. The smallest absolute Gasteiger partial charge is 0.257 e. The van der Waals surface area contributed by atoms with Crippen molar-refractivity contribution in [1.29, 1.82) is 0 Å². The van der Waals surface area contributed by atoms with Crippen molar-refractivity contribution in [3.05, 3.63) is 46.0 Å². The molecule has 25 heavy (non-hydrogen) atoms. The fourth-order valence-corrected chi connectivity index (χ4v) is 4.52. The Morgan fingerprint density at radius 3 is 2.88 bits per heavy atom. The lowest BCUT2D eigenvalue weighted by molar-refractivity contribution is -0.128. The van der Waals surface area contributed by atoms with Crippen LogP contribution in [0.25, 0.3) is 0 Å². The van der Waals surface area contributed by atoms with Gasteiger partial charge in [-0.2, -0.15) is 0 Å². The topological polar surface area (TPSA) is 62.3 Å². The molecule has 5 nitrogen and oxygen atoms in total. The number of carbonyl (C=O) groups excluding carboxylic acids is 2. The van der Waals surface area contributed by atoms with Crippen molar-refractivity contribution < 1.29 is 9.59 Å². The minimum absolute atomic E-state index is 0.138. The molecule has 0 bridgehead atoms. The molecule has 0 saturated carbocycles. The lowest BCUT2D eigenvalue weighted by atomic mass is 10.0. The van der Waals surface area contributed by atoms with Gasteiger partial charge in [0.25, 0.3) is 5.91 Å². The van der Waals surface area contributed by atoms with Crippen LogP contribution in [-0.2, 0) is 24.2 Å². The number of fused-ring (bicyclic) bond motifs is 1. The molecular formula is C19H21N3O2S. The number of hydrogen-bond acceptors (Lipinski definition) is 4. The van der Waals surface area contributed by atoms with Gasteiger partial charge in [0.1, 0.15) is 0 Å². The van der Waals surface area contributed by atoms with E-state index in [9.17, 15) is 9.59 Å². The summed E-state index contributed by atoms with van der Waals surface area (Å²) in [6, 6.07) is 7.51. The van der Waals surface area contributed by atoms with Crippen molar-refractivity contribution in [2.75, 3.05) is 11.9 Å². The van der Waals surface area contributed by atoms with Gasteiger partial charge in [-0.05, 0) is 49.8 Å². The molecule has 2 heterocycles. The van der Waals surface area contributed by atoms with E-state index in [0.717, 1.165) is 37.1 Å². The summed E-state index contributed by atoms with van der Waals surface area (Å²) in [5.41, 5.74) is 2.74. The van der Waals surface area contributed by atoms with E-state index in [1.807, 2.05) is 23.1 Å². The monoisotopic (exact) mass is 355 g/mol. The number of benzene rings is 1. The fourth-order valence-electron chi connectivity index (χ4n) is 3.48. The standard InChI is InChI=1S/C19H21N3O2S/c23-17-9-4-10-22(17)12-13-5-3-6-14(11-13)18(24)21-19-20-15-7-1-2-8-16(15)25-19/h3,5-6,11H,1-2,4,7-10,12H2,(H,20,21,24). The predicted octanol–water partition coefficient (Wildman–Crippen LogP) is 3.40. The van der Waals surface area contributed by atoms with Crippen molar-refractivity contribution in [1.82, 2.24) is 9.88 Å². The zero-order chi connectivity index (χ0) is 17.2. The summed E-state index contributed by atoms with van der Waals surface area (Å²) in [6.45, 7) is 1.38. The van der Waals surface area contributed by atoms with Gasteiger partial charge in [0.05, 0.1) is 5.69 Å². The highest BCUT2D eigenvalue weighted by Gasteiger charge is 2.21.